The van der Waals surface area contributed by atoms with Gasteiger partial charge in [0, 0.05) is 45.7 Å². The van der Waals surface area contributed by atoms with Crippen molar-refractivity contribution >= 4 is 28.2 Å². The van der Waals surface area contributed by atoms with Crippen LogP contribution in [0.3, 0.4) is 0 Å². The van der Waals surface area contributed by atoms with Gasteiger partial charge in [0.1, 0.15) is 5.82 Å². The molecule has 0 aliphatic carbocycles. The van der Waals surface area contributed by atoms with Gasteiger partial charge >= 0.3 is 0 Å². The molecule has 0 unspecified atom stereocenters. The van der Waals surface area contributed by atoms with Gasteiger partial charge in [-0.1, -0.05) is 70.4 Å². The molecule has 0 saturated carbocycles. The zero-order valence-electron chi connectivity index (χ0n) is 25.7. The highest BCUT2D eigenvalue weighted by molar-refractivity contribution is 7.97. The second kappa shape index (κ2) is 14.9. The van der Waals surface area contributed by atoms with Crippen LogP contribution in [0.25, 0.3) is 16.5 Å². The maximum Gasteiger partial charge on any atom is 0.126 e. The third-order valence-electron chi connectivity index (χ3n) is 7.35. The molecule has 4 heteroatoms. The Balaban J connectivity index is 2.03. The molecule has 1 heterocycles. The molecule has 2 N–H and O–H groups in total. The standard InChI is InChI=1S/C37H45FN2S/c1-10-15-28(19-29-16-13-14-17-34(29)38)20-37(32(11-2)24(4)5)39-27(8)33(12-3)26(7)35-21-30-18-25(6)31(23-41-9)22-36(30)40-35/h11-18,20-22,24,39-40H,3,7,10,19,23H2,1-2,4-6,8-9H3/b28-15-,32-11-,33-27-,37-20+. The van der Waals surface area contributed by atoms with Crippen LogP contribution in [0.1, 0.15) is 63.4 Å². The molecular formula is C37H45FN2S. The second-order valence-corrected chi connectivity index (χ2v) is 11.6. The summed E-state index contributed by atoms with van der Waals surface area (Å²) in [4.78, 5) is 3.59. The fraction of sp³-hybridized carbons (Fsp3) is 0.297. The first-order valence-corrected chi connectivity index (χ1v) is 15.7. The van der Waals surface area contributed by atoms with Crippen LogP contribution in [0.15, 0.2) is 108 Å². The summed E-state index contributed by atoms with van der Waals surface area (Å²) in [5.41, 5.74) is 11.5. The largest absolute Gasteiger partial charge is 0.358 e. The third kappa shape index (κ3) is 8.04. The van der Waals surface area contributed by atoms with E-state index in [1.54, 1.807) is 6.07 Å². The van der Waals surface area contributed by atoms with Gasteiger partial charge in [0.05, 0.1) is 0 Å². The molecule has 0 aliphatic rings. The van der Waals surface area contributed by atoms with E-state index in [1.807, 2.05) is 30.0 Å². The lowest BCUT2D eigenvalue weighted by Gasteiger charge is -2.21. The number of hydrogen-bond donors (Lipinski definition) is 2. The Kier molecular flexibility index (Phi) is 11.7. The van der Waals surface area contributed by atoms with Crippen LogP contribution < -0.4 is 5.32 Å². The predicted octanol–water partition coefficient (Wildman–Crippen LogP) is 10.6. The number of aromatic nitrogens is 1. The van der Waals surface area contributed by atoms with Crippen LogP contribution in [0.4, 0.5) is 4.39 Å². The van der Waals surface area contributed by atoms with E-state index in [1.165, 1.54) is 28.2 Å². The van der Waals surface area contributed by atoms with Crippen molar-refractivity contribution in [2.45, 2.75) is 60.1 Å². The van der Waals surface area contributed by atoms with Gasteiger partial charge in [0.2, 0.25) is 0 Å². The molecule has 3 rings (SSSR count). The molecule has 0 bridgehead atoms. The first-order valence-electron chi connectivity index (χ1n) is 14.3. The zero-order valence-corrected chi connectivity index (χ0v) is 26.6. The Morgan fingerprint density at radius 3 is 2.49 bits per heavy atom. The van der Waals surface area contributed by atoms with Gasteiger partial charge in [-0.25, -0.2) is 4.39 Å². The highest BCUT2D eigenvalue weighted by atomic mass is 32.2. The number of nitrogens with one attached hydrogen (secondary N) is 2. The van der Waals surface area contributed by atoms with E-state index in [0.717, 1.165) is 51.5 Å². The minimum Gasteiger partial charge on any atom is -0.358 e. The van der Waals surface area contributed by atoms with Gasteiger partial charge < -0.3 is 10.3 Å². The van der Waals surface area contributed by atoms with Crippen molar-refractivity contribution in [1.29, 1.82) is 0 Å². The van der Waals surface area contributed by atoms with Gasteiger partial charge in [0.25, 0.3) is 0 Å². The third-order valence-corrected chi connectivity index (χ3v) is 7.95. The highest BCUT2D eigenvalue weighted by Gasteiger charge is 2.15. The summed E-state index contributed by atoms with van der Waals surface area (Å²) in [6.07, 6.45) is 11.9. The minimum absolute atomic E-state index is 0.178. The van der Waals surface area contributed by atoms with Crippen LogP contribution in [-0.4, -0.2) is 11.2 Å². The molecule has 1 aromatic heterocycles. The van der Waals surface area contributed by atoms with Gasteiger partial charge in [-0.2, -0.15) is 11.8 Å². The molecule has 2 nitrogen and oxygen atoms in total. The van der Waals surface area contributed by atoms with Gasteiger partial charge in [0.15, 0.2) is 0 Å². The van der Waals surface area contributed by atoms with Crippen molar-refractivity contribution in [3.63, 3.8) is 0 Å². The average molecular weight is 569 g/mol. The van der Waals surface area contributed by atoms with E-state index in [2.05, 4.69) is 108 Å². The quantitative estimate of drug-likeness (QED) is 0.201. The van der Waals surface area contributed by atoms with E-state index < -0.39 is 0 Å². The van der Waals surface area contributed by atoms with Gasteiger partial charge in [-0.15, -0.1) is 0 Å². The fourth-order valence-electron chi connectivity index (χ4n) is 5.21. The van der Waals surface area contributed by atoms with Crippen molar-refractivity contribution < 1.29 is 4.39 Å². The molecule has 2 aromatic carbocycles. The number of aromatic amines is 1. The summed E-state index contributed by atoms with van der Waals surface area (Å²) in [7, 11) is 0. The van der Waals surface area contributed by atoms with Crippen LogP contribution in [-0.2, 0) is 12.2 Å². The topological polar surface area (TPSA) is 27.8 Å². The molecule has 0 amide bonds. The maximum atomic E-state index is 14.5. The first-order chi connectivity index (χ1) is 19.6. The Bertz CT molecular complexity index is 1530. The van der Waals surface area contributed by atoms with Crippen molar-refractivity contribution in [3.05, 3.63) is 136 Å². The van der Waals surface area contributed by atoms with E-state index in [9.17, 15) is 4.39 Å². The highest BCUT2D eigenvalue weighted by Crippen LogP contribution is 2.30. The molecular weight excluding hydrogens is 523 g/mol. The summed E-state index contributed by atoms with van der Waals surface area (Å²) in [6.45, 7) is 21.4. The smallest absolute Gasteiger partial charge is 0.126 e. The molecule has 3 aromatic rings. The number of halogens is 1. The van der Waals surface area contributed by atoms with Crippen molar-refractivity contribution in [2.24, 2.45) is 5.92 Å². The lowest BCUT2D eigenvalue weighted by atomic mass is 9.95. The molecule has 0 aliphatic heterocycles. The second-order valence-electron chi connectivity index (χ2n) is 10.7. The number of allylic oxidation sites excluding steroid dienone is 9. The Morgan fingerprint density at radius 2 is 1.88 bits per heavy atom. The lowest BCUT2D eigenvalue weighted by Crippen LogP contribution is -2.17. The molecule has 0 radical (unpaired) electrons. The van der Waals surface area contributed by atoms with Crippen LogP contribution in [0.5, 0.6) is 0 Å². The van der Waals surface area contributed by atoms with Crippen LogP contribution in [0, 0.1) is 18.7 Å². The fourth-order valence-corrected chi connectivity index (χ4v) is 5.83. The Labute approximate surface area is 250 Å². The minimum atomic E-state index is -0.178. The van der Waals surface area contributed by atoms with Crippen molar-refractivity contribution in [3.8, 4) is 0 Å². The number of rotatable bonds is 13. The van der Waals surface area contributed by atoms with Crippen molar-refractivity contribution in [1.82, 2.24) is 10.3 Å². The number of fused-ring (bicyclic) bond motifs is 1. The summed E-state index contributed by atoms with van der Waals surface area (Å²) in [6, 6.07) is 13.7. The number of H-pyrrole nitrogens is 1. The summed E-state index contributed by atoms with van der Waals surface area (Å²) in [5.74, 6) is 1.11. The summed E-state index contributed by atoms with van der Waals surface area (Å²) >= 11 is 1.83. The monoisotopic (exact) mass is 568 g/mol. The molecule has 216 valence electrons. The molecule has 0 saturated heterocycles. The normalized spacial score (nSPS) is 13.5. The van der Waals surface area contributed by atoms with E-state index in [4.69, 9.17) is 0 Å². The number of hydrogen-bond acceptors (Lipinski definition) is 2. The number of thioether (sulfide) groups is 1. The van der Waals surface area contributed by atoms with E-state index >= 15 is 0 Å². The zero-order chi connectivity index (χ0) is 30.1. The maximum absolute atomic E-state index is 14.5. The van der Waals surface area contributed by atoms with E-state index in [-0.39, 0.29) is 5.82 Å². The summed E-state index contributed by atoms with van der Waals surface area (Å²) < 4.78 is 14.5. The lowest BCUT2D eigenvalue weighted by molar-refractivity contribution is 0.614. The average Bonchev–Trinajstić information content (AvgIpc) is 3.33. The van der Waals surface area contributed by atoms with Crippen LogP contribution in [0.2, 0.25) is 0 Å². The Morgan fingerprint density at radius 1 is 1.15 bits per heavy atom. The summed E-state index contributed by atoms with van der Waals surface area (Å²) in [5, 5.41) is 4.88. The van der Waals surface area contributed by atoms with Crippen molar-refractivity contribution in [2.75, 3.05) is 6.26 Å². The van der Waals surface area contributed by atoms with Gasteiger partial charge in [-0.05, 0) is 103 Å². The van der Waals surface area contributed by atoms with Gasteiger partial charge in [-0.3, -0.25) is 0 Å². The molecule has 41 heavy (non-hydrogen) atoms. The first kappa shape index (κ1) is 32.0. The molecule has 0 fully saturated rings. The molecule has 0 spiro atoms. The van der Waals surface area contributed by atoms with E-state index in [0.29, 0.717) is 17.9 Å². The SMILES string of the molecule is C=C/C(C(=C)c1cc2cc(C)c(CSC)cc2[nH]1)=C(\C)NC(=C/C(=C\CC)Cc1ccccc1F)/C(=C\C)C(C)C. The molecule has 0 atom stereocenters. The predicted molar refractivity (Wildman–Crippen MR) is 180 cm³/mol. The van der Waals surface area contributed by atoms with Crippen LogP contribution >= 0.6 is 11.8 Å². The Hall–Kier alpha value is -3.50. The number of aryl methyl sites for hydroxylation is 1. The number of benzene rings is 2.